The van der Waals surface area contributed by atoms with Crippen molar-refractivity contribution >= 4 is 23.7 Å². The monoisotopic (exact) mass is 383 g/mol. The molecule has 0 aromatic heterocycles. The van der Waals surface area contributed by atoms with Crippen LogP contribution in [0.4, 0.5) is 4.79 Å². The molecule has 1 N–H and O–H groups in total. The Morgan fingerprint density at radius 3 is 2.50 bits per heavy atom. The molecule has 4 rings (SSSR count). The first-order chi connectivity index (χ1) is 13.5. The number of aryl methyl sites for hydroxylation is 1. The van der Waals surface area contributed by atoms with E-state index in [0.717, 1.165) is 37.9 Å². The molecule has 1 aromatic carbocycles. The van der Waals surface area contributed by atoms with Gasteiger partial charge >= 0.3 is 6.03 Å². The van der Waals surface area contributed by atoms with Crippen molar-refractivity contribution in [1.82, 2.24) is 20.0 Å². The van der Waals surface area contributed by atoms with Crippen molar-refractivity contribution in [3.05, 3.63) is 35.4 Å². The number of amides is 3. The molecule has 3 amide bonds. The van der Waals surface area contributed by atoms with Crippen LogP contribution in [0.3, 0.4) is 0 Å². The molecule has 8 nitrogen and oxygen atoms in total. The van der Waals surface area contributed by atoms with E-state index in [1.54, 1.807) is 24.1 Å². The lowest BCUT2D eigenvalue weighted by Crippen LogP contribution is -2.64. The van der Waals surface area contributed by atoms with Crippen molar-refractivity contribution in [3.8, 4) is 0 Å². The van der Waals surface area contributed by atoms with Gasteiger partial charge in [0.05, 0.1) is 6.54 Å². The van der Waals surface area contributed by atoms with Gasteiger partial charge in [0.15, 0.2) is 24.0 Å². The summed E-state index contributed by atoms with van der Waals surface area (Å²) in [5.41, 5.74) is 1.69. The van der Waals surface area contributed by atoms with Gasteiger partial charge in [0.1, 0.15) is 0 Å². The van der Waals surface area contributed by atoms with Crippen LogP contribution in [-0.4, -0.2) is 77.3 Å². The van der Waals surface area contributed by atoms with Gasteiger partial charge in [0.25, 0.3) is 5.91 Å². The highest BCUT2D eigenvalue weighted by molar-refractivity contribution is 6.06. The predicted molar refractivity (Wildman–Crippen MR) is 104 cm³/mol. The molecule has 8 heteroatoms. The van der Waals surface area contributed by atoms with Gasteiger partial charge in [0, 0.05) is 25.7 Å². The molecule has 0 aliphatic carbocycles. The van der Waals surface area contributed by atoms with E-state index in [4.69, 9.17) is 4.99 Å². The van der Waals surface area contributed by atoms with Gasteiger partial charge in [0.2, 0.25) is 0 Å². The molecule has 0 saturated carbocycles. The van der Waals surface area contributed by atoms with Gasteiger partial charge < -0.3 is 14.7 Å². The maximum atomic E-state index is 12.9. The van der Waals surface area contributed by atoms with Crippen LogP contribution in [0.25, 0.3) is 0 Å². The zero-order chi connectivity index (χ0) is 19.8. The third kappa shape index (κ3) is 3.23. The molecular formula is C20H25N5O3. The zero-order valence-corrected chi connectivity index (χ0v) is 16.2. The standard InChI is InChI=1S/C20H25N5O3/c1-13-6-8-14(9-7-13)15(26)12-25-16-17(23(2)20(28)22-18(16)27)21-19(25)24-10-4-3-5-11-24/h6-9,16-17H,3-5,10-12H2,1-2H3,(H,22,27,28). The van der Waals surface area contributed by atoms with Gasteiger partial charge in [-0.3, -0.25) is 14.9 Å². The van der Waals surface area contributed by atoms with E-state index in [2.05, 4.69) is 10.2 Å². The van der Waals surface area contributed by atoms with Gasteiger partial charge in [-0.25, -0.2) is 9.79 Å². The molecule has 3 heterocycles. The number of ketones is 1. The summed E-state index contributed by atoms with van der Waals surface area (Å²) in [4.78, 5) is 47.7. The Morgan fingerprint density at radius 2 is 1.82 bits per heavy atom. The van der Waals surface area contributed by atoms with E-state index in [0.29, 0.717) is 11.5 Å². The molecule has 0 bridgehead atoms. The number of carbonyl (C=O) groups excluding carboxylic acids is 3. The Hall–Kier alpha value is -2.90. The molecular weight excluding hydrogens is 358 g/mol. The second-order valence-electron chi connectivity index (χ2n) is 7.66. The summed E-state index contributed by atoms with van der Waals surface area (Å²) in [5.74, 6) is 0.171. The van der Waals surface area contributed by atoms with Crippen molar-refractivity contribution in [2.24, 2.45) is 4.99 Å². The molecule has 2 atom stereocenters. The number of Topliss-reactive ketones (excluding diaryl/α,β-unsaturated/α-hetero) is 1. The smallest absolute Gasteiger partial charge is 0.325 e. The maximum absolute atomic E-state index is 12.9. The van der Waals surface area contributed by atoms with Crippen LogP contribution >= 0.6 is 0 Å². The number of fused-ring (bicyclic) bond motifs is 1. The number of hydrogen-bond donors (Lipinski definition) is 1. The number of aliphatic imine (C=N–C) groups is 1. The van der Waals surface area contributed by atoms with Crippen LogP contribution in [0.15, 0.2) is 29.3 Å². The van der Waals surface area contributed by atoms with E-state index in [9.17, 15) is 14.4 Å². The quantitative estimate of drug-likeness (QED) is 0.793. The Kier molecular flexibility index (Phi) is 4.78. The van der Waals surface area contributed by atoms with Crippen LogP contribution in [-0.2, 0) is 4.79 Å². The number of guanidine groups is 1. The van der Waals surface area contributed by atoms with Crippen molar-refractivity contribution < 1.29 is 14.4 Å². The summed E-state index contributed by atoms with van der Waals surface area (Å²) < 4.78 is 0. The molecule has 28 heavy (non-hydrogen) atoms. The minimum absolute atomic E-state index is 0.0506. The minimum atomic E-state index is -0.686. The molecule has 2 unspecified atom stereocenters. The second-order valence-corrected chi connectivity index (χ2v) is 7.66. The van der Waals surface area contributed by atoms with Gasteiger partial charge in [-0.2, -0.15) is 0 Å². The number of likely N-dealkylation sites (N-methyl/N-ethyl adjacent to an activating group) is 1. The molecule has 2 saturated heterocycles. The van der Waals surface area contributed by atoms with Gasteiger partial charge in [-0.1, -0.05) is 29.8 Å². The van der Waals surface area contributed by atoms with Crippen LogP contribution in [0.5, 0.6) is 0 Å². The molecule has 0 radical (unpaired) electrons. The lowest BCUT2D eigenvalue weighted by molar-refractivity contribution is -0.127. The van der Waals surface area contributed by atoms with Crippen LogP contribution in [0.1, 0.15) is 35.2 Å². The largest absolute Gasteiger partial charge is 0.343 e. The lowest BCUT2D eigenvalue weighted by Gasteiger charge is -2.38. The third-order valence-corrected chi connectivity index (χ3v) is 5.67. The number of rotatable bonds is 3. The number of nitrogens with one attached hydrogen (secondary N) is 1. The summed E-state index contributed by atoms with van der Waals surface area (Å²) in [6.45, 7) is 3.70. The number of benzene rings is 1. The highest BCUT2D eigenvalue weighted by Crippen LogP contribution is 2.27. The van der Waals surface area contributed by atoms with Crippen molar-refractivity contribution in [2.75, 3.05) is 26.7 Å². The van der Waals surface area contributed by atoms with Crippen molar-refractivity contribution in [3.63, 3.8) is 0 Å². The van der Waals surface area contributed by atoms with E-state index < -0.39 is 24.1 Å². The Bertz CT molecular complexity index is 829. The first-order valence-electron chi connectivity index (χ1n) is 9.72. The van der Waals surface area contributed by atoms with E-state index in [1.807, 2.05) is 19.1 Å². The second kappa shape index (κ2) is 7.26. The van der Waals surface area contributed by atoms with Crippen LogP contribution in [0.2, 0.25) is 0 Å². The van der Waals surface area contributed by atoms with Gasteiger partial charge in [-0.15, -0.1) is 0 Å². The number of hydrogen-bond acceptors (Lipinski definition) is 6. The first-order valence-corrected chi connectivity index (χ1v) is 9.72. The van der Waals surface area contributed by atoms with E-state index in [-0.39, 0.29) is 12.3 Å². The number of likely N-dealkylation sites (tertiary alicyclic amines) is 1. The highest BCUT2D eigenvalue weighted by Gasteiger charge is 2.50. The number of nitrogens with zero attached hydrogens (tertiary/aromatic N) is 4. The Morgan fingerprint density at radius 1 is 1.14 bits per heavy atom. The fourth-order valence-electron chi connectivity index (χ4n) is 4.02. The fraction of sp³-hybridized carbons (Fsp3) is 0.500. The van der Waals surface area contributed by atoms with Crippen molar-refractivity contribution in [1.29, 1.82) is 0 Å². The predicted octanol–water partition coefficient (Wildman–Crippen LogP) is 1.21. The molecule has 3 aliphatic heterocycles. The summed E-state index contributed by atoms with van der Waals surface area (Å²) in [6, 6.07) is 6.27. The van der Waals surface area contributed by atoms with Crippen molar-refractivity contribution in [2.45, 2.75) is 38.4 Å². The number of urea groups is 1. The number of carbonyl (C=O) groups is 3. The summed E-state index contributed by atoms with van der Waals surface area (Å²) in [5, 5.41) is 2.38. The highest BCUT2D eigenvalue weighted by atomic mass is 16.2. The average molecular weight is 383 g/mol. The van der Waals surface area contributed by atoms with E-state index in [1.165, 1.54) is 4.90 Å². The number of imide groups is 1. The maximum Gasteiger partial charge on any atom is 0.325 e. The topological polar surface area (TPSA) is 85.3 Å². The molecule has 2 fully saturated rings. The molecule has 0 spiro atoms. The third-order valence-electron chi connectivity index (χ3n) is 5.67. The van der Waals surface area contributed by atoms with Crippen LogP contribution in [0, 0.1) is 6.92 Å². The molecule has 3 aliphatic rings. The first kappa shape index (κ1) is 18.5. The Labute approximate surface area is 164 Å². The minimum Gasteiger partial charge on any atom is -0.343 e. The average Bonchev–Trinajstić information content (AvgIpc) is 3.07. The number of piperidine rings is 1. The summed E-state index contributed by atoms with van der Waals surface area (Å²) in [7, 11) is 1.63. The normalized spacial score (nSPS) is 24.8. The van der Waals surface area contributed by atoms with Crippen LogP contribution < -0.4 is 5.32 Å². The summed E-state index contributed by atoms with van der Waals surface area (Å²) >= 11 is 0. The van der Waals surface area contributed by atoms with E-state index >= 15 is 0 Å². The Balaban J connectivity index is 1.64. The van der Waals surface area contributed by atoms with Gasteiger partial charge in [-0.05, 0) is 26.2 Å². The molecule has 1 aromatic rings. The lowest BCUT2D eigenvalue weighted by atomic mass is 10.1. The fourth-order valence-corrected chi connectivity index (χ4v) is 4.02. The SMILES string of the molecule is Cc1ccc(C(=O)CN2C(N3CCCCC3)=NC3C2C(=O)NC(=O)N3C)cc1. The summed E-state index contributed by atoms with van der Waals surface area (Å²) in [6.07, 6.45) is 2.66. The molecule has 148 valence electrons. The zero-order valence-electron chi connectivity index (χ0n) is 16.2.